The Bertz CT molecular complexity index is 585. The molecule has 0 radical (unpaired) electrons. The van der Waals surface area contributed by atoms with E-state index in [1.54, 1.807) is 0 Å². The zero-order valence-electron chi connectivity index (χ0n) is 11.8. The number of hydrogen-bond donors (Lipinski definition) is 2. The summed E-state index contributed by atoms with van der Waals surface area (Å²) in [6.45, 7) is 1.98. The predicted octanol–water partition coefficient (Wildman–Crippen LogP) is 0.325. The number of rotatable bonds is 5. The maximum absolute atomic E-state index is 12.0. The van der Waals surface area contributed by atoms with Crippen molar-refractivity contribution in [2.24, 2.45) is 11.7 Å². The summed E-state index contributed by atoms with van der Waals surface area (Å²) >= 11 is 0. The van der Waals surface area contributed by atoms with E-state index in [-0.39, 0.29) is 25.3 Å². The molecule has 21 heavy (non-hydrogen) atoms. The molecule has 1 aliphatic heterocycles. The highest BCUT2D eigenvalue weighted by Crippen LogP contribution is 2.23. The molecule has 6 heteroatoms. The van der Waals surface area contributed by atoms with Gasteiger partial charge in [0.25, 0.3) is 0 Å². The smallest absolute Gasteiger partial charge is 0.326 e. The molecular formula is C15H18N2O4. The van der Waals surface area contributed by atoms with E-state index < -0.39 is 23.8 Å². The molecule has 112 valence electrons. The maximum atomic E-state index is 12.0. The number of carboxylic acid groups (broad SMARTS) is 1. The monoisotopic (exact) mass is 290 g/mol. The highest BCUT2D eigenvalue weighted by Gasteiger charge is 2.39. The second-order valence-corrected chi connectivity index (χ2v) is 5.33. The summed E-state index contributed by atoms with van der Waals surface area (Å²) in [7, 11) is 0. The Morgan fingerprint density at radius 1 is 1.43 bits per heavy atom. The number of nitrogens with two attached hydrogens (primary N) is 1. The van der Waals surface area contributed by atoms with Gasteiger partial charge in [0.05, 0.1) is 5.92 Å². The quantitative estimate of drug-likeness (QED) is 0.815. The summed E-state index contributed by atoms with van der Waals surface area (Å²) in [4.78, 5) is 35.9. The van der Waals surface area contributed by atoms with Gasteiger partial charge < -0.3 is 15.7 Å². The Morgan fingerprint density at radius 3 is 2.62 bits per heavy atom. The van der Waals surface area contributed by atoms with Gasteiger partial charge in [-0.2, -0.15) is 0 Å². The number of likely N-dealkylation sites (tertiary alicyclic amines) is 1. The number of aryl methyl sites for hydroxylation is 1. The van der Waals surface area contributed by atoms with Crippen molar-refractivity contribution in [1.82, 2.24) is 4.90 Å². The third-order valence-electron chi connectivity index (χ3n) is 3.90. The van der Waals surface area contributed by atoms with Crippen LogP contribution in [0.5, 0.6) is 0 Å². The first kappa shape index (κ1) is 15.0. The van der Waals surface area contributed by atoms with E-state index in [1.807, 2.05) is 31.2 Å². The van der Waals surface area contributed by atoms with Crippen molar-refractivity contribution in [2.75, 3.05) is 6.54 Å². The van der Waals surface area contributed by atoms with E-state index >= 15 is 0 Å². The summed E-state index contributed by atoms with van der Waals surface area (Å²) in [5.74, 6) is -2.57. The summed E-state index contributed by atoms with van der Waals surface area (Å²) in [6.07, 6.45) is 0.214. The number of aliphatic carboxylic acids is 1. The normalized spacial score (nSPS) is 19.6. The van der Waals surface area contributed by atoms with E-state index in [0.717, 1.165) is 11.1 Å². The van der Waals surface area contributed by atoms with Crippen molar-refractivity contribution in [3.8, 4) is 0 Å². The number of hydrogen-bond acceptors (Lipinski definition) is 3. The molecule has 1 aromatic carbocycles. The molecule has 0 bridgehead atoms. The fourth-order valence-electron chi connectivity index (χ4n) is 2.60. The fourth-order valence-corrected chi connectivity index (χ4v) is 2.60. The van der Waals surface area contributed by atoms with Gasteiger partial charge >= 0.3 is 5.97 Å². The number of carbonyl (C=O) groups excluding carboxylic acids is 2. The molecule has 0 aliphatic carbocycles. The lowest BCUT2D eigenvalue weighted by atomic mass is 10.0. The number of carbonyl (C=O) groups is 3. The minimum Gasteiger partial charge on any atom is -0.480 e. The van der Waals surface area contributed by atoms with Crippen LogP contribution >= 0.6 is 0 Å². The van der Waals surface area contributed by atoms with Crippen LogP contribution in [0.25, 0.3) is 0 Å². The first-order chi connectivity index (χ1) is 9.90. The average molecular weight is 290 g/mol. The molecule has 1 aliphatic rings. The first-order valence-electron chi connectivity index (χ1n) is 6.76. The number of benzene rings is 1. The number of nitrogens with zero attached hydrogens (tertiary/aromatic N) is 1. The predicted molar refractivity (Wildman–Crippen MR) is 75.3 cm³/mol. The van der Waals surface area contributed by atoms with E-state index in [4.69, 9.17) is 5.73 Å². The van der Waals surface area contributed by atoms with Gasteiger partial charge in [0.1, 0.15) is 6.04 Å². The van der Waals surface area contributed by atoms with Crippen LogP contribution in [-0.2, 0) is 20.8 Å². The van der Waals surface area contributed by atoms with Crippen molar-refractivity contribution >= 4 is 17.8 Å². The molecule has 1 heterocycles. The molecule has 1 saturated heterocycles. The van der Waals surface area contributed by atoms with Crippen molar-refractivity contribution in [3.63, 3.8) is 0 Å². The van der Waals surface area contributed by atoms with Crippen molar-refractivity contribution in [1.29, 1.82) is 0 Å². The standard InChI is InChI=1S/C15H18N2O4/c1-9-4-2-3-5-10(9)6-12(15(20)21)17-8-11(14(16)19)7-13(17)18/h2-5,11-12H,6-8H2,1H3,(H2,16,19)(H,20,21)/t11?,12-/m0/s1. The second kappa shape index (κ2) is 5.95. The number of carboxylic acids is 1. The fraction of sp³-hybridized carbons (Fsp3) is 0.400. The Balaban J connectivity index is 2.20. The second-order valence-electron chi connectivity index (χ2n) is 5.33. The lowest BCUT2D eigenvalue weighted by Crippen LogP contribution is -2.44. The number of amides is 2. The van der Waals surface area contributed by atoms with Gasteiger partial charge in [-0.05, 0) is 18.1 Å². The van der Waals surface area contributed by atoms with Crippen LogP contribution in [0, 0.1) is 12.8 Å². The Hall–Kier alpha value is -2.37. The van der Waals surface area contributed by atoms with E-state index in [1.165, 1.54) is 4.90 Å². The van der Waals surface area contributed by atoms with Crippen LogP contribution in [0.1, 0.15) is 17.5 Å². The van der Waals surface area contributed by atoms with Gasteiger partial charge in [-0.1, -0.05) is 24.3 Å². The van der Waals surface area contributed by atoms with Crippen molar-refractivity contribution in [2.45, 2.75) is 25.8 Å². The first-order valence-corrected chi connectivity index (χ1v) is 6.76. The van der Waals surface area contributed by atoms with Crippen molar-refractivity contribution in [3.05, 3.63) is 35.4 Å². The topological polar surface area (TPSA) is 101 Å². The molecule has 1 aromatic rings. The third kappa shape index (κ3) is 3.21. The SMILES string of the molecule is Cc1ccccc1C[C@@H](C(=O)O)N1CC(C(N)=O)CC1=O. The molecule has 2 amide bonds. The van der Waals surface area contributed by atoms with Gasteiger partial charge in [0.2, 0.25) is 11.8 Å². The molecule has 0 saturated carbocycles. The van der Waals surface area contributed by atoms with Crippen LogP contribution in [0.2, 0.25) is 0 Å². The van der Waals surface area contributed by atoms with Crippen LogP contribution in [0.4, 0.5) is 0 Å². The molecular weight excluding hydrogens is 272 g/mol. The summed E-state index contributed by atoms with van der Waals surface area (Å²) in [5.41, 5.74) is 7.06. The molecule has 0 spiro atoms. The number of primary amides is 1. The van der Waals surface area contributed by atoms with Gasteiger partial charge in [-0.15, -0.1) is 0 Å². The highest BCUT2D eigenvalue weighted by molar-refractivity contribution is 5.91. The largest absolute Gasteiger partial charge is 0.480 e. The summed E-state index contributed by atoms with van der Waals surface area (Å²) in [6, 6.07) is 6.48. The summed E-state index contributed by atoms with van der Waals surface area (Å²) < 4.78 is 0. The van der Waals surface area contributed by atoms with Gasteiger partial charge in [0.15, 0.2) is 0 Å². The highest BCUT2D eigenvalue weighted by atomic mass is 16.4. The molecule has 3 N–H and O–H groups in total. The molecule has 6 nitrogen and oxygen atoms in total. The minimum atomic E-state index is -1.07. The lowest BCUT2D eigenvalue weighted by Gasteiger charge is -2.25. The van der Waals surface area contributed by atoms with E-state index in [0.29, 0.717) is 0 Å². The molecule has 2 atom stereocenters. The van der Waals surface area contributed by atoms with Gasteiger partial charge in [-0.25, -0.2) is 4.79 Å². The van der Waals surface area contributed by atoms with Crippen LogP contribution in [-0.4, -0.2) is 40.4 Å². The van der Waals surface area contributed by atoms with Crippen LogP contribution in [0.15, 0.2) is 24.3 Å². The Morgan fingerprint density at radius 2 is 2.10 bits per heavy atom. The summed E-state index contributed by atoms with van der Waals surface area (Å²) in [5, 5.41) is 9.42. The van der Waals surface area contributed by atoms with Gasteiger partial charge in [-0.3, -0.25) is 9.59 Å². The third-order valence-corrected chi connectivity index (χ3v) is 3.90. The van der Waals surface area contributed by atoms with Crippen molar-refractivity contribution < 1.29 is 19.5 Å². The average Bonchev–Trinajstić information content (AvgIpc) is 2.79. The van der Waals surface area contributed by atoms with E-state index in [9.17, 15) is 19.5 Å². The molecule has 0 aromatic heterocycles. The molecule has 1 fully saturated rings. The minimum absolute atomic E-state index is 0.00706. The van der Waals surface area contributed by atoms with Gasteiger partial charge in [0, 0.05) is 19.4 Å². The van der Waals surface area contributed by atoms with Crippen LogP contribution < -0.4 is 5.73 Å². The maximum Gasteiger partial charge on any atom is 0.326 e. The molecule has 2 rings (SSSR count). The van der Waals surface area contributed by atoms with Crippen LogP contribution in [0.3, 0.4) is 0 Å². The Labute approximate surface area is 122 Å². The zero-order chi connectivity index (χ0) is 15.6. The van der Waals surface area contributed by atoms with E-state index in [2.05, 4.69) is 0 Å². The lowest BCUT2D eigenvalue weighted by molar-refractivity contribution is -0.148. The molecule has 1 unspecified atom stereocenters. The Kier molecular flexibility index (Phi) is 4.26. The zero-order valence-corrected chi connectivity index (χ0v) is 11.8.